The van der Waals surface area contributed by atoms with Gasteiger partial charge in [0, 0.05) is 6.42 Å². The lowest BCUT2D eigenvalue weighted by Crippen LogP contribution is -2.46. The molecule has 0 spiro atoms. The topological polar surface area (TPSA) is 44.8 Å². The second kappa shape index (κ2) is 13.2. The smallest absolute Gasteiger partial charge is 0.309 e. The van der Waals surface area contributed by atoms with Crippen LogP contribution in [0.3, 0.4) is 0 Å². The minimum absolute atomic E-state index is 0.0300. The first kappa shape index (κ1) is 28.5. The number of rotatable bonds is 15. The van der Waals surface area contributed by atoms with Crippen LogP contribution in [0.5, 0.6) is 0 Å². The number of esters is 1. The Labute approximate surface area is 189 Å². The fourth-order valence-corrected chi connectivity index (χ4v) is 4.44. The molecule has 0 aromatic heterocycles. The summed E-state index contributed by atoms with van der Waals surface area (Å²) in [5.74, 6) is -3.73. The SMILES string of the molecule is CCCCCCCCCCCCC(=O)OC1C(CO[Si](C)(C)C(C)(C)C)OCC1(F)F. The Morgan fingerprint density at radius 2 is 1.52 bits per heavy atom. The molecule has 7 heteroatoms. The van der Waals surface area contributed by atoms with Crippen molar-refractivity contribution in [3.8, 4) is 0 Å². The molecule has 0 N–H and O–H groups in total. The Balaban J connectivity index is 2.32. The zero-order chi connectivity index (χ0) is 23.5. The zero-order valence-corrected chi connectivity index (χ0v) is 21.7. The number of halogens is 2. The fourth-order valence-electron chi connectivity index (χ4n) is 3.42. The van der Waals surface area contributed by atoms with Crippen LogP contribution in [0.25, 0.3) is 0 Å². The van der Waals surface area contributed by atoms with Crippen LogP contribution in [-0.2, 0) is 18.7 Å². The van der Waals surface area contributed by atoms with Gasteiger partial charge in [-0.05, 0) is 24.6 Å². The van der Waals surface area contributed by atoms with Crippen LogP contribution in [0.2, 0.25) is 18.1 Å². The van der Waals surface area contributed by atoms with Gasteiger partial charge >= 0.3 is 11.9 Å². The number of hydrogen-bond donors (Lipinski definition) is 0. The van der Waals surface area contributed by atoms with E-state index in [-0.39, 0.29) is 18.1 Å². The molecule has 1 aliphatic heterocycles. The molecule has 1 heterocycles. The third kappa shape index (κ3) is 10.3. The van der Waals surface area contributed by atoms with Gasteiger partial charge in [0.15, 0.2) is 14.4 Å². The average Bonchev–Trinajstić information content (AvgIpc) is 2.94. The lowest BCUT2D eigenvalue weighted by Gasteiger charge is -2.37. The van der Waals surface area contributed by atoms with Crippen LogP contribution < -0.4 is 0 Å². The highest BCUT2D eigenvalue weighted by Gasteiger charge is 2.55. The molecule has 1 aliphatic rings. The van der Waals surface area contributed by atoms with Crippen LogP contribution >= 0.6 is 0 Å². The normalized spacial score (nSPS) is 21.4. The molecule has 0 aliphatic carbocycles. The lowest BCUT2D eigenvalue weighted by atomic mass is 10.1. The highest BCUT2D eigenvalue weighted by Crippen LogP contribution is 2.38. The molecule has 0 bridgehead atoms. The highest BCUT2D eigenvalue weighted by atomic mass is 28.4. The first-order chi connectivity index (χ1) is 14.4. The average molecular weight is 465 g/mol. The van der Waals surface area contributed by atoms with Gasteiger partial charge in [-0.2, -0.15) is 8.78 Å². The van der Waals surface area contributed by atoms with E-state index < -0.39 is 39.0 Å². The van der Waals surface area contributed by atoms with E-state index in [4.69, 9.17) is 13.9 Å². The summed E-state index contributed by atoms with van der Waals surface area (Å²) in [6, 6.07) is 0. The van der Waals surface area contributed by atoms with Gasteiger partial charge in [-0.3, -0.25) is 4.79 Å². The van der Waals surface area contributed by atoms with E-state index in [1.165, 1.54) is 44.9 Å². The quantitative estimate of drug-likeness (QED) is 0.145. The van der Waals surface area contributed by atoms with Crippen molar-refractivity contribution in [1.29, 1.82) is 0 Å². The fraction of sp³-hybridized carbons (Fsp3) is 0.958. The molecule has 0 aromatic carbocycles. The van der Waals surface area contributed by atoms with E-state index in [9.17, 15) is 13.6 Å². The molecule has 1 fully saturated rings. The molecule has 31 heavy (non-hydrogen) atoms. The predicted octanol–water partition coefficient (Wildman–Crippen LogP) is 7.27. The Morgan fingerprint density at radius 3 is 2.03 bits per heavy atom. The van der Waals surface area contributed by atoms with Crippen LogP contribution in [0.4, 0.5) is 8.78 Å². The van der Waals surface area contributed by atoms with Crippen molar-refractivity contribution < 1.29 is 27.5 Å². The molecule has 0 amide bonds. The second-order valence-corrected chi connectivity index (χ2v) is 15.3. The molecular formula is C24H46F2O4Si. The van der Waals surface area contributed by atoms with Crippen molar-refractivity contribution in [2.75, 3.05) is 13.2 Å². The summed E-state index contributed by atoms with van der Waals surface area (Å²) in [6.07, 6.45) is 9.27. The maximum atomic E-state index is 14.3. The summed E-state index contributed by atoms with van der Waals surface area (Å²) < 4.78 is 45.0. The summed E-state index contributed by atoms with van der Waals surface area (Å²) in [7, 11) is -2.10. The molecular weight excluding hydrogens is 418 g/mol. The summed E-state index contributed by atoms with van der Waals surface area (Å²) in [4.78, 5) is 12.2. The Kier molecular flexibility index (Phi) is 12.2. The van der Waals surface area contributed by atoms with Gasteiger partial charge < -0.3 is 13.9 Å². The number of carbonyl (C=O) groups is 1. The number of alkyl halides is 2. The summed E-state index contributed by atoms with van der Waals surface area (Å²) in [5, 5.41) is -0.0319. The van der Waals surface area contributed by atoms with Crippen LogP contribution in [0.15, 0.2) is 0 Å². The van der Waals surface area contributed by atoms with Crippen molar-refractivity contribution >= 4 is 14.3 Å². The van der Waals surface area contributed by atoms with E-state index >= 15 is 0 Å². The Morgan fingerprint density at radius 1 is 1.00 bits per heavy atom. The van der Waals surface area contributed by atoms with Gasteiger partial charge in [-0.15, -0.1) is 0 Å². The summed E-state index contributed by atoms with van der Waals surface area (Å²) in [5.41, 5.74) is 0. The zero-order valence-electron chi connectivity index (χ0n) is 20.7. The van der Waals surface area contributed by atoms with E-state index in [2.05, 4.69) is 40.8 Å². The van der Waals surface area contributed by atoms with E-state index in [1.54, 1.807) is 0 Å². The molecule has 2 atom stereocenters. The van der Waals surface area contributed by atoms with E-state index in [0.29, 0.717) is 6.42 Å². The molecule has 0 aromatic rings. The van der Waals surface area contributed by atoms with Gasteiger partial charge in [0.1, 0.15) is 12.7 Å². The van der Waals surface area contributed by atoms with E-state index in [0.717, 1.165) is 12.8 Å². The maximum Gasteiger partial charge on any atom is 0.309 e. The number of unbranched alkanes of at least 4 members (excludes halogenated alkanes) is 9. The number of hydrogen-bond acceptors (Lipinski definition) is 4. The Bertz CT molecular complexity index is 520. The number of ether oxygens (including phenoxy) is 2. The minimum Gasteiger partial charge on any atom is -0.453 e. The van der Waals surface area contributed by atoms with Gasteiger partial charge in [0.2, 0.25) is 0 Å². The maximum absolute atomic E-state index is 14.3. The summed E-state index contributed by atoms with van der Waals surface area (Å²) in [6.45, 7) is 11.9. The van der Waals surface area contributed by atoms with Gasteiger partial charge in [-0.25, -0.2) is 0 Å². The van der Waals surface area contributed by atoms with Crippen LogP contribution in [0.1, 0.15) is 98.3 Å². The van der Waals surface area contributed by atoms with Crippen molar-refractivity contribution in [3.63, 3.8) is 0 Å². The first-order valence-electron chi connectivity index (χ1n) is 12.2. The van der Waals surface area contributed by atoms with Crippen molar-refractivity contribution in [3.05, 3.63) is 0 Å². The van der Waals surface area contributed by atoms with Gasteiger partial charge in [-0.1, -0.05) is 85.5 Å². The second-order valence-electron chi connectivity index (χ2n) is 10.5. The molecule has 184 valence electrons. The monoisotopic (exact) mass is 464 g/mol. The molecule has 1 rings (SSSR count). The van der Waals surface area contributed by atoms with Crippen molar-refractivity contribution in [1.82, 2.24) is 0 Å². The highest BCUT2D eigenvalue weighted by molar-refractivity contribution is 6.74. The predicted molar refractivity (Wildman–Crippen MR) is 124 cm³/mol. The molecule has 4 nitrogen and oxygen atoms in total. The molecule has 0 saturated carbocycles. The molecule has 2 unspecified atom stereocenters. The largest absolute Gasteiger partial charge is 0.453 e. The van der Waals surface area contributed by atoms with Crippen LogP contribution in [0, 0.1) is 0 Å². The standard InChI is InChI=1S/C24H46F2O4Si/c1-7-8-9-10-11-12-13-14-15-16-17-21(27)30-22-20(28-19-24(22,25)26)18-29-31(5,6)23(2,3)4/h20,22H,7-19H2,1-6H3. The van der Waals surface area contributed by atoms with E-state index in [1.807, 2.05) is 0 Å². The molecule has 1 saturated heterocycles. The van der Waals surface area contributed by atoms with Gasteiger partial charge in [0.05, 0.1) is 6.61 Å². The van der Waals surface area contributed by atoms with Crippen molar-refractivity contribution in [2.24, 2.45) is 0 Å². The van der Waals surface area contributed by atoms with Gasteiger partial charge in [0.25, 0.3) is 0 Å². The first-order valence-corrected chi connectivity index (χ1v) is 15.1. The number of carbonyl (C=O) groups excluding carboxylic acids is 1. The third-order valence-electron chi connectivity index (χ3n) is 6.65. The lowest BCUT2D eigenvalue weighted by molar-refractivity contribution is -0.168. The van der Waals surface area contributed by atoms with Crippen LogP contribution in [-0.4, -0.2) is 45.6 Å². The Hall–Kier alpha value is -0.533. The summed E-state index contributed by atoms with van der Waals surface area (Å²) >= 11 is 0. The van der Waals surface area contributed by atoms with Crippen molar-refractivity contribution in [2.45, 2.75) is 135 Å². The minimum atomic E-state index is -3.17. The third-order valence-corrected chi connectivity index (χ3v) is 11.2. The molecule has 0 radical (unpaired) electrons.